The zero-order chi connectivity index (χ0) is 14.5. The Bertz CT molecular complexity index is 620. The monoisotopic (exact) mass is 285 g/mol. The third-order valence-corrected chi connectivity index (χ3v) is 3.82. The summed E-state index contributed by atoms with van der Waals surface area (Å²) < 4.78 is 11.1. The Balaban J connectivity index is 1.70. The molecular formula is C17H19NO3. The maximum Gasteiger partial charge on any atom is 0.154 e. The van der Waals surface area contributed by atoms with E-state index < -0.39 is 0 Å². The van der Waals surface area contributed by atoms with E-state index in [1.807, 2.05) is 36.4 Å². The van der Waals surface area contributed by atoms with Gasteiger partial charge in [-0.25, -0.2) is 0 Å². The second kappa shape index (κ2) is 6.70. The third kappa shape index (κ3) is 3.23. The lowest BCUT2D eigenvalue weighted by molar-refractivity contribution is 0.0322. The molecule has 4 nitrogen and oxygen atoms in total. The van der Waals surface area contributed by atoms with Crippen molar-refractivity contribution in [2.24, 2.45) is 0 Å². The van der Waals surface area contributed by atoms with E-state index in [1.54, 1.807) is 0 Å². The zero-order valence-corrected chi connectivity index (χ0v) is 12.0. The SMILES string of the molecule is O=Cc1c(OCCN2CCOCC2)ccc2ccccc12. The number of hydrogen-bond donors (Lipinski definition) is 0. The van der Waals surface area contributed by atoms with E-state index in [2.05, 4.69) is 4.90 Å². The summed E-state index contributed by atoms with van der Waals surface area (Å²) >= 11 is 0. The topological polar surface area (TPSA) is 38.8 Å². The second-order valence-electron chi connectivity index (χ2n) is 5.12. The fourth-order valence-corrected chi connectivity index (χ4v) is 2.63. The quantitative estimate of drug-likeness (QED) is 0.791. The van der Waals surface area contributed by atoms with Gasteiger partial charge in [0.05, 0.1) is 18.8 Å². The standard InChI is InChI=1S/C17H19NO3/c19-13-16-15-4-2-1-3-14(15)5-6-17(16)21-12-9-18-7-10-20-11-8-18/h1-6,13H,7-12H2. The molecular weight excluding hydrogens is 266 g/mol. The summed E-state index contributed by atoms with van der Waals surface area (Å²) in [4.78, 5) is 13.7. The average Bonchev–Trinajstić information content (AvgIpc) is 2.55. The summed E-state index contributed by atoms with van der Waals surface area (Å²) in [7, 11) is 0. The molecule has 0 saturated carbocycles. The lowest BCUT2D eigenvalue weighted by atomic mass is 10.0. The van der Waals surface area contributed by atoms with Crippen LogP contribution in [0.5, 0.6) is 5.75 Å². The predicted molar refractivity (Wildman–Crippen MR) is 82.1 cm³/mol. The number of rotatable bonds is 5. The molecule has 2 aromatic rings. The number of hydrogen-bond acceptors (Lipinski definition) is 4. The van der Waals surface area contributed by atoms with Gasteiger partial charge in [0.15, 0.2) is 6.29 Å². The van der Waals surface area contributed by atoms with Crippen LogP contribution < -0.4 is 4.74 Å². The molecule has 0 N–H and O–H groups in total. The zero-order valence-electron chi connectivity index (χ0n) is 12.0. The maximum absolute atomic E-state index is 11.4. The smallest absolute Gasteiger partial charge is 0.154 e. The van der Waals surface area contributed by atoms with Gasteiger partial charge in [0.2, 0.25) is 0 Å². The van der Waals surface area contributed by atoms with Crippen molar-refractivity contribution in [1.82, 2.24) is 4.90 Å². The molecule has 0 spiro atoms. The molecule has 2 aromatic carbocycles. The minimum Gasteiger partial charge on any atom is -0.491 e. The van der Waals surface area contributed by atoms with Crippen molar-refractivity contribution < 1.29 is 14.3 Å². The Labute approximate surface area is 124 Å². The number of morpholine rings is 1. The molecule has 0 aliphatic carbocycles. The van der Waals surface area contributed by atoms with Gasteiger partial charge < -0.3 is 9.47 Å². The van der Waals surface area contributed by atoms with Crippen molar-refractivity contribution >= 4 is 17.1 Å². The van der Waals surface area contributed by atoms with E-state index in [9.17, 15) is 4.79 Å². The van der Waals surface area contributed by atoms with Crippen LogP contribution >= 0.6 is 0 Å². The van der Waals surface area contributed by atoms with Crippen molar-refractivity contribution in [3.63, 3.8) is 0 Å². The van der Waals surface area contributed by atoms with Gasteiger partial charge in [0.25, 0.3) is 0 Å². The Morgan fingerprint density at radius 2 is 1.95 bits per heavy atom. The first-order valence-corrected chi connectivity index (χ1v) is 7.28. The molecule has 0 unspecified atom stereocenters. The number of benzene rings is 2. The van der Waals surface area contributed by atoms with Crippen LogP contribution in [0, 0.1) is 0 Å². The van der Waals surface area contributed by atoms with Gasteiger partial charge in [0.1, 0.15) is 12.4 Å². The summed E-state index contributed by atoms with van der Waals surface area (Å²) in [6, 6.07) is 11.7. The highest BCUT2D eigenvalue weighted by molar-refractivity contribution is 6.00. The fraction of sp³-hybridized carbons (Fsp3) is 0.353. The first-order chi connectivity index (χ1) is 10.4. The molecule has 110 valence electrons. The van der Waals surface area contributed by atoms with E-state index in [4.69, 9.17) is 9.47 Å². The van der Waals surface area contributed by atoms with E-state index in [0.717, 1.165) is 49.9 Å². The Morgan fingerprint density at radius 3 is 2.76 bits per heavy atom. The van der Waals surface area contributed by atoms with Gasteiger partial charge in [-0.15, -0.1) is 0 Å². The molecule has 1 saturated heterocycles. The van der Waals surface area contributed by atoms with Crippen molar-refractivity contribution in [3.8, 4) is 5.75 Å². The fourth-order valence-electron chi connectivity index (χ4n) is 2.63. The molecule has 1 heterocycles. The van der Waals surface area contributed by atoms with Gasteiger partial charge in [-0.05, 0) is 16.8 Å². The van der Waals surface area contributed by atoms with Crippen LogP contribution in [-0.2, 0) is 4.74 Å². The van der Waals surface area contributed by atoms with E-state index >= 15 is 0 Å². The first kappa shape index (κ1) is 14.0. The van der Waals surface area contributed by atoms with Gasteiger partial charge in [-0.3, -0.25) is 9.69 Å². The normalized spacial score (nSPS) is 16.0. The first-order valence-electron chi connectivity index (χ1n) is 7.28. The minimum atomic E-state index is 0.583. The number of nitrogens with zero attached hydrogens (tertiary/aromatic N) is 1. The number of carbonyl (C=O) groups is 1. The molecule has 0 amide bonds. The molecule has 0 atom stereocenters. The summed E-state index contributed by atoms with van der Waals surface area (Å²) in [5, 5.41) is 2.00. The van der Waals surface area contributed by atoms with Crippen LogP contribution in [-0.4, -0.2) is 50.6 Å². The second-order valence-corrected chi connectivity index (χ2v) is 5.12. The van der Waals surface area contributed by atoms with Crippen LogP contribution in [0.2, 0.25) is 0 Å². The Hall–Kier alpha value is -1.91. The van der Waals surface area contributed by atoms with Gasteiger partial charge in [-0.2, -0.15) is 0 Å². The molecule has 21 heavy (non-hydrogen) atoms. The summed E-state index contributed by atoms with van der Waals surface area (Å²) in [5.74, 6) is 0.664. The predicted octanol–water partition coefficient (Wildman–Crippen LogP) is 2.36. The van der Waals surface area contributed by atoms with Crippen LogP contribution in [0.4, 0.5) is 0 Å². The van der Waals surface area contributed by atoms with Gasteiger partial charge in [-0.1, -0.05) is 30.3 Å². The molecule has 0 aromatic heterocycles. The Kier molecular flexibility index (Phi) is 4.48. The maximum atomic E-state index is 11.4. The molecule has 1 aliphatic heterocycles. The Morgan fingerprint density at radius 1 is 1.14 bits per heavy atom. The summed E-state index contributed by atoms with van der Waals surface area (Å²) in [6.45, 7) is 4.90. The molecule has 3 rings (SSSR count). The molecule has 4 heteroatoms. The lowest BCUT2D eigenvalue weighted by Crippen LogP contribution is -2.38. The third-order valence-electron chi connectivity index (χ3n) is 3.82. The summed E-state index contributed by atoms with van der Waals surface area (Å²) in [6.07, 6.45) is 0.881. The van der Waals surface area contributed by atoms with Crippen molar-refractivity contribution in [1.29, 1.82) is 0 Å². The van der Waals surface area contributed by atoms with Crippen LogP contribution in [0.3, 0.4) is 0 Å². The molecule has 1 fully saturated rings. The van der Waals surface area contributed by atoms with E-state index in [1.165, 1.54) is 0 Å². The number of ether oxygens (including phenoxy) is 2. The van der Waals surface area contributed by atoms with Crippen molar-refractivity contribution in [2.75, 3.05) is 39.5 Å². The van der Waals surface area contributed by atoms with E-state index in [0.29, 0.717) is 17.9 Å². The highest BCUT2D eigenvalue weighted by Gasteiger charge is 2.11. The summed E-state index contributed by atoms with van der Waals surface area (Å²) in [5.41, 5.74) is 0.634. The van der Waals surface area contributed by atoms with Crippen LogP contribution in [0.15, 0.2) is 36.4 Å². The number of fused-ring (bicyclic) bond motifs is 1. The van der Waals surface area contributed by atoms with Gasteiger partial charge >= 0.3 is 0 Å². The molecule has 0 bridgehead atoms. The average molecular weight is 285 g/mol. The van der Waals surface area contributed by atoms with E-state index in [-0.39, 0.29) is 0 Å². The highest BCUT2D eigenvalue weighted by atomic mass is 16.5. The highest BCUT2D eigenvalue weighted by Crippen LogP contribution is 2.26. The number of carbonyl (C=O) groups excluding carboxylic acids is 1. The van der Waals surface area contributed by atoms with Crippen LogP contribution in [0.25, 0.3) is 10.8 Å². The molecule has 0 radical (unpaired) electrons. The minimum absolute atomic E-state index is 0.583. The van der Waals surface area contributed by atoms with Crippen molar-refractivity contribution in [3.05, 3.63) is 42.0 Å². The number of aldehydes is 1. The van der Waals surface area contributed by atoms with Crippen LogP contribution in [0.1, 0.15) is 10.4 Å². The van der Waals surface area contributed by atoms with Gasteiger partial charge in [0, 0.05) is 19.6 Å². The largest absolute Gasteiger partial charge is 0.491 e. The van der Waals surface area contributed by atoms with Crippen molar-refractivity contribution in [2.45, 2.75) is 0 Å². The lowest BCUT2D eigenvalue weighted by Gasteiger charge is -2.26. The molecule has 1 aliphatic rings.